The predicted molar refractivity (Wildman–Crippen MR) is 87.1 cm³/mol. The Hall–Kier alpha value is -2.24. The second kappa shape index (κ2) is 6.89. The normalized spacial score (nSPS) is 10.6. The number of methoxy groups -OCH3 is 1. The number of rotatable bonds is 5. The Morgan fingerprint density at radius 2 is 1.74 bits per heavy atom. The molecule has 0 aliphatic carbocycles. The molecular weight excluding hydrogens is 339 g/mol. The molecule has 23 heavy (non-hydrogen) atoms. The molecule has 0 saturated heterocycles. The molecule has 0 spiro atoms. The van der Waals surface area contributed by atoms with Gasteiger partial charge in [0.05, 0.1) is 17.2 Å². The molecule has 0 atom stereocenters. The molecule has 0 saturated carbocycles. The van der Waals surface area contributed by atoms with Crippen molar-refractivity contribution < 1.29 is 14.0 Å². The average Bonchev–Trinajstić information content (AvgIpc) is 3.05. The number of halogens is 2. The van der Waals surface area contributed by atoms with E-state index < -0.39 is 0 Å². The lowest BCUT2D eigenvalue weighted by atomic mass is 10.2. The minimum absolute atomic E-state index is 0.164. The lowest BCUT2D eigenvalue weighted by Crippen LogP contribution is -1.97. The lowest BCUT2D eigenvalue weighted by molar-refractivity contribution is 0.287. The van der Waals surface area contributed by atoms with Gasteiger partial charge in [-0.1, -0.05) is 28.4 Å². The van der Waals surface area contributed by atoms with E-state index in [0.29, 0.717) is 27.5 Å². The molecule has 0 fully saturated rings. The van der Waals surface area contributed by atoms with Gasteiger partial charge in [-0.25, -0.2) is 0 Å². The fraction of sp³-hybridized carbons (Fsp3) is 0.125. The quantitative estimate of drug-likeness (QED) is 0.671. The highest BCUT2D eigenvalue weighted by Crippen LogP contribution is 2.27. The van der Waals surface area contributed by atoms with E-state index in [1.165, 1.54) is 0 Å². The van der Waals surface area contributed by atoms with Crippen molar-refractivity contribution in [2.24, 2.45) is 0 Å². The zero-order valence-electron chi connectivity index (χ0n) is 12.1. The molecule has 1 aromatic heterocycles. The van der Waals surface area contributed by atoms with E-state index in [-0.39, 0.29) is 6.61 Å². The highest BCUT2D eigenvalue weighted by Gasteiger charge is 2.10. The van der Waals surface area contributed by atoms with Crippen molar-refractivity contribution in [3.63, 3.8) is 0 Å². The summed E-state index contributed by atoms with van der Waals surface area (Å²) in [6.45, 7) is 0.164. The van der Waals surface area contributed by atoms with Crippen LogP contribution in [0.4, 0.5) is 0 Å². The van der Waals surface area contributed by atoms with Crippen LogP contribution >= 0.6 is 23.2 Å². The molecule has 1 heterocycles. The van der Waals surface area contributed by atoms with E-state index in [2.05, 4.69) is 10.1 Å². The summed E-state index contributed by atoms with van der Waals surface area (Å²) < 4.78 is 15.9. The monoisotopic (exact) mass is 350 g/mol. The van der Waals surface area contributed by atoms with Crippen LogP contribution in [-0.4, -0.2) is 17.3 Å². The molecule has 0 radical (unpaired) electrons. The summed E-state index contributed by atoms with van der Waals surface area (Å²) in [7, 11) is 1.61. The first-order valence-electron chi connectivity index (χ1n) is 6.70. The number of nitrogens with zero attached hydrogens (tertiary/aromatic N) is 2. The van der Waals surface area contributed by atoms with Crippen LogP contribution < -0.4 is 9.47 Å². The molecule has 0 N–H and O–H groups in total. The number of benzene rings is 2. The Labute approximate surface area is 142 Å². The molecule has 3 rings (SSSR count). The van der Waals surface area contributed by atoms with Gasteiger partial charge in [0.1, 0.15) is 11.5 Å². The van der Waals surface area contributed by atoms with Crippen LogP contribution in [0.2, 0.25) is 10.0 Å². The highest BCUT2D eigenvalue weighted by molar-refractivity contribution is 6.42. The number of aromatic nitrogens is 2. The van der Waals surface area contributed by atoms with Gasteiger partial charge in [-0.05, 0) is 36.4 Å². The summed E-state index contributed by atoms with van der Waals surface area (Å²) in [5.41, 5.74) is 0.805. The maximum atomic E-state index is 5.93. The van der Waals surface area contributed by atoms with E-state index in [1.54, 1.807) is 25.3 Å². The van der Waals surface area contributed by atoms with Gasteiger partial charge in [0.15, 0.2) is 6.61 Å². The summed E-state index contributed by atoms with van der Waals surface area (Å²) in [5.74, 6) is 2.19. The Morgan fingerprint density at radius 3 is 2.43 bits per heavy atom. The largest absolute Gasteiger partial charge is 0.497 e. The molecule has 7 heteroatoms. The van der Waals surface area contributed by atoms with E-state index in [4.69, 9.17) is 37.2 Å². The van der Waals surface area contributed by atoms with E-state index in [1.807, 2.05) is 24.3 Å². The van der Waals surface area contributed by atoms with Crippen LogP contribution in [0.3, 0.4) is 0 Å². The zero-order valence-corrected chi connectivity index (χ0v) is 13.6. The molecule has 0 amide bonds. The van der Waals surface area contributed by atoms with E-state index in [0.717, 1.165) is 11.3 Å². The van der Waals surface area contributed by atoms with Crippen molar-refractivity contribution in [1.29, 1.82) is 0 Å². The Bertz CT molecular complexity index is 803. The van der Waals surface area contributed by atoms with Crippen molar-refractivity contribution in [3.8, 4) is 23.0 Å². The van der Waals surface area contributed by atoms with Gasteiger partial charge in [0, 0.05) is 11.6 Å². The van der Waals surface area contributed by atoms with Crippen LogP contribution in [0.1, 0.15) is 5.82 Å². The number of hydrogen-bond acceptors (Lipinski definition) is 5. The summed E-state index contributed by atoms with van der Waals surface area (Å²) >= 11 is 11.8. The van der Waals surface area contributed by atoms with Gasteiger partial charge in [-0.3, -0.25) is 0 Å². The molecule has 0 bridgehead atoms. The van der Waals surface area contributed by atoms with Gasteiger partial charge in [-0.15, -0.1) is 0 Å². The summed E-state index contributed by atoms with van der Waals surface area (Å²) in [4.78, 5) is 4.29. The van der Waals surface area contributed by atoms with Crippen molar-refractivity contribution in [2.45, 2.75) is 6.61 Å². The minimum Gasteiger partial charge on any atom is -0.497 e. The molecule has 118 valence electrons. The highest BCUT2D eigenvalue weighted by atomic mass is 35.5. The first-order valence-corrected chi connectivity index (χ1v) is 7.46. The van der Waals surface area contributed by atoms with Crippen LogP contribution in [-0.2, 0) is 6.61 Å². The Morgan fingerprint density at radius 1 is 1.00 bits per heavy atom. The average molecular weight is 351 g/mol. The topological polar surface area (TPSA) is 57.4 Å². The molecular formula is C16H12Cl2N2O3. The smallest absolute Gasteiger partial charge is 0.258 e. The van der Waals surface area contributed by atoms with Crippen molar-refractivity contribution in [3.05, 3.63) is 58.3 Å². The van der Waals surface area contributed by atoms with E-state index in [9.17, 15) is 0 Å². The van der Waals surface area contributed by atoms with E-state index >= 15 is 0 Å². The van der Waals surface area contributed by atoms with Gasteiger partial charge in [-0.2, -0.15) is 4.98 Å². The number of ether oxygens (including phenoxy) is 2. The summed E-state index contributed by atoms with van der Waals surface area (Å²) in [5, 5.41) is 4.79. The third-order valence-corrected chi connectivity index (χ3v) is 3.80. The maximum Gasteiger partial charge on any atom is 0.258 e. The number of hydrogen-bond donors (Lipinski definition) is 0. The van der Waals surface area contributed by atoms with Crippen molar-refractivity contribution in [1.82, 2.24) is 10.1 Å². The van der Waals surface area contributed by atoms with Crippen LogP contribution in [0.25, 0.3) is 11.5 Å². The predicted octanol–water partition coefficient (Wildman–Crippen LogP) is 4.63. The second-order valence-electron chi connectivity index (χ2n) is 4.61. The van der Waals surface area contributed by atoms with Gasteiger partial charge < -0.3 is 14.0 Å². The minimum atomic E-state index is 0.164. The summed E-state index contributed by atoms with van der Waals surface area (Å²) in [6, 6.07) is 12.4. The third kappa shape index (κ3) is 3.75. The van der Waals surface area contributed by atoms with Crippen LogP contribution in [0.15, 0.2) is 47.0 Å². The molecule has 2 aromatic carbocycles. The fourth-order valence-electron chi connectivity index (χ4n) is 1.88. The second-order valence-corrected chi connectivity index (χ2v) is 5.42. The van der Waals surface area contributed by atoms with Gasteiger partial charge in [0.25, 0.3) is 5.89 Å². The maximum absolute atomic E-state index is 5.93. The molecule has 0 unspecified atom stereocenters. The standard InChI is InChI=1S/C16H12Cl2N2O3/c1-21-11-4-2-10(3-5-11)16-19-15(20-23-16)9-22-12-6-7-13(17)14(18)8-12/h2-8H,9H2,1H3. The summed E-state index contributed by atoms with van der Waals surface area (Å²) in [6.07, 6.45) is 0. The molecule has 0 aliphatic heterocycles. The van der Waals surface area contributed by atoms with Gasteiger partial charge in [0.2, 0.25) is 5.82 Å². The Kier molecular flexibility index (Phi) is 4.69. The lowest BCUT2D eigenvalue weighted by Gasteiger charge is -2.04. The zero-order chi connectivity index (χ0) is 16.2. The van der Waals surface area contributed by atoms with Crippen LogP contribution in [0, 0.1) is 0 Å². The van der Waals surface area contributed by atoms with Gasteiger partial charge >= 0.3 is 0 Å². The van der Waals surface area contributed by atoms with Crippen LogP contribution in [0.5, 0.6) is 11.5 Å². The van der Waals surface area contributed by atoms with Crippen molar-refractivity contribution >= 4 is 23.2 Å². The molecule has 0 aliphatic rings. The fourth-order valence-corrected chi connectivity index (χ4v) is 2.17. The Balaban J connectivity index is 1.67. The first kappa shape index (κ1) is 15.6. The van der Waals surface area contributed by atoms with Crippen molar-refractivity contribution in [2.75, 3.05) is 7.11 Å². The SMILES string of the molecule is COc1ccc(-c2nc(COc3ccc(Cl)c(Cl)c3)no2)cc1. The molecule has 3 aromatic rings. The first-order chi connectivity index (χ1) is 11.2. The third-order valence-electron chi connectivity index (χ3n) is 3.06. The molecule has 5 nitrogen and oxygen atoms in total.